The van der Waals surface area contributed by atoms with Gasteiger partial charge in [0, 0.05) is 5.69 Å². The van der Waals surface area contributed by atoms with Crippen LogP contribution in [0.2, 0.25) is 0 Å². The molecule has 1 aromatic carbocycles. The Kier molecular flexibility index (Phi) is 4.40. The molecule has 0 aliphatic rings. The molecule has 2 aromatic rings. The number of nitrogen functional groups attached to an aromatic ring is 1. The Hall–Kier alpha value is -2.90. The van der Waals surface area contributed by atoms with Crippen LogP contribution in [-0.4, -0.2) is 34.0 Å². The van der Waals surface area contributed by atoms with Crippen molar-refractivity contribution in [2.45, 2.75) is 20.4 Å². The quantitative estimate of drug-likeness (QED) is 0.812. The van der Waals surface area contributed by atoms with Crippen LogP contribution in [0.5, 0.6) is 0 Å². The molecule has 0 radical (unpaired) electrons. The van der Waals surface area contributed by atoms with Gasteiger partial charge in [0.25, 0.3) is 0 Å². The van der Waals surface area contributed by atoms with Crippen LogP contribution < -0.4 is 11.1 Å². The third kappa shape index (κ3) is 3.22. The number of benzene rings is 1. The fraction of sp³-hybridized carbons (Fsp3) is 0.286. The first-order valence-corrected chi connectivity index (χ1v) is 6.56. The largest absolute Gasteiger partial charge is 0.464 e. The smallest absolute Gasteiger partial charge is 0.362 e. The number of ether oxygens (including phenoxy) is 1. The van der Waals surface area contributed by atoms with Gasteiger partial charge in [0.15, 0.2) is 5.82 Å². The molecule has 0 aliphatic heterocycles. The summed E-state index contributed by atoms with van der Waals surface area (Å²) >= 11 is 0. The van der Waals surface area contributed by atoms with Crippen LogP contribution >= 0.6 is 0 Å². The van der Waals surface area contributed by atoms with Crippen LogP contribution in [0.25, 0.3) is 0 Å². The Morgan fingerprint density at radius 3 is 2.73 bits per heavy atom. The molecule has 2 rings (SSSR count). The van der Waals surface area contributed by atoms with Gasteiger partial charge in [-0.2, -0.15) is 0 Å². The lowest BCUT2D eigenvalue weighted by Crippen LogP contribution is -2.21. The van der Waals surface area contributed by atoms with E-state index in [0.717, 1.165) is 15.8 Å². The van der Waals surface area contributed by atoms with Gasteiger partial charge in [-0.15, -0.1) is 5.10 Å². The molecule has 0 spiro atoms. The maximum Gasteiger partial charge on any atom is 0.362 e. The number of nitrogens with two attached hydrogens (primary N) is 1. The van der Waals surface area contributed by atoms with Crippen molar-refractivity contribution in [1.82, 2.24) is 15.0 Å². The van der Waals surface area contributed by atoms with Crippen LogP contribution in [0.4, 0.5) is 11.5 Å². The van der Waals surface area contributed by atoms with Gasteiger partial charge in [-0.3, -0.25) is 4.79 Å². The normalized spacial score (nSPS) is 10.3. The van der Waals surface area contributed by atoms with Gasteiger partial charge in [0.05, 0.1) is 7.11 Å². The molecule has 0 fully saturated rings. The van der Waals surface area contributed by atoms with Crippen molar-refractivity contribution in [3.05, 3.63) is 35.0 Å². The molecule has 8 heteroatoms. The van der Waals surface area contributed by atoms with E-state index in [-0.39, 0.29) is 24.0 Å². The monoisotopic (exact) mass is 303 g/mol. The minimum Gasteiger partial charge on any atom is -0.464 e. The molecule has 1 amide bonds. The molecule has 116 valence electrons. The number of carbonyl (C=O) groups is 2. The van der Waals surface area contributed by atoms with Gasteiger partial charge >= 0.3 is 5.97 Å². The van der Waals surface area contributed by atoms with Crippen molar-refractivity contribution in [2.24, 2.45) is 0 Å². The van der Waals surface area contributed by atoms with E-state index in [0.29, 0.717) is 5.69 Å². The molecule has 22 heavy (non-hydrogen) atoms. The summed E-state index contributed by atoms with van der Waals surface area (Å²) in [4.78, 5) is 23.4. The lowest BCUT2D eigenvalue weighted by molar-refractivity contribution is -0.116. The van der Waals surface area contributed by atoms with Gasteiger partial charge in [0.2, 0.25) is 11.6 Å². The number of anilines is 2. The zero-order valence-electron chi connectivity index (χ0n) is 12.6. The summed E-state index contributed by atoms with van der Waals surface area (Å²) < 4.78 is 5.67. The summed E-state index contributed by atoms with van der Waals surface area (Å²) in [5.41, 5.74) is 8.39. The van der Waals surface area contributed by atoms with E-state index in [4.69, 9.17) is 5.73 Å². The average molecular weight is 303 g/mol. The number of methoxy groups -OCH3 is 1. The Morgan fingerprint density at radius 2 is 2.09 bits per heavy atom. The van der Waals surface area contributed by atoms with E-state index < -0.39 is 5.97 Å². The van der Waals surface area contributed by atoms with Gasteiger partial charge in [0.1, 0.15) is 6.54 Å². The Balaban J connectivity index is 2.09. The minimum absolute atomic E-state index is 0.0115. The molecule has 0 aliphatic carbocycles. The van der Waals surface area contributed by atoms with E-state index >= 15 is 0 Å². The number of nitrogens with one attached hydrogen (secondary N) is 1. The summed E-state index contributed by atoms with van der Waals surface area (Å²) in [6, 6.07) is 5.70. The molecule has 0 unspecified atom stereocenters. The van der Waals surface area contributed by atoms with E-state index in [9.17, 15) is 9.59 Å². The van der Waals surface area contributed by atoms with Gasteiger partial charge in [-0.25, -0.2) is 9.48 Å². The minimum atomic E-state index is -0.696. The molecule has 1 heterocycles. The van der Waals surface area contributed by atoms with Crippen molar-refractivity contribution in [3.8, 4) is 0 Å². The first kappa shape index (κ1) is 15.5. The highest BCUT2D eigenvalue weighted by Crippen LogP contribution is 2.16. The molecule has 0 saturated carbocycles. The molecule has 8 nitrogen and oxygen atoms in total. The predicted molar refractivity (Wildman–Crippen MR) is 80.3 cm³/mol. The summed E-state index contributed by atoms with van der Waals surface area (Å²) in [5, 5.41) is 10.1. The maximum absolute atomic E-state index is 12.0. The standard InChI is InChI=1S/C14H17N5O3/c1-8-4-5-10(9(2)6-8)16-11(20)7-19-13(15)12(17-18-19)14(21)22-3/h4-6H,7,15H2,1-3H3,(H,16,20). The van der Waals surface area contributed by atoms with Crippen molar-refractivity contribution in [2.75, 3.05) is 18.2 Å². The number of esters is 1. The lowest BCUT2D eigenvalue weighted by atomic mass is 10.1. The van der Waals surface area contributed by atoms with Crippen LogP contribution in [0.3, 0.4) is 0 Å². The van der Waals surface area contributed by atoms with E-state index in [1.54, 1.807) is 0 Å². The number of aryl methyl sites for hydroxylation is 2. The Morgan fingerprint density at radius 1 is 1.36 bits per heavy atom. The topological polar surface area (TPSA) is 112 Å². The molecule has 3 N–H and O–H groups in total. The number of rotatable bonds is 4. The predicted octanol–water partition coefficient (Wildman–Crippen LogP) is 0.902. The van der Waals surface area contributed by atoms with E-state index in [1.165, 1.54) is 7.11 Å². The number of amides is 1. The fourth-order valence-corrected chi connectivity index (χ4v) is 1.96. The maximum atomic E-state index is 12.0. The SMILES string of the molecule is COC(=O)c1nnn(CC(=O)Nc2ccc(C)cc2C)c1N. The first-order valence-electron chi connectivity index (χ1n) is 6.56. The Bertz CT molecular complexity index is 723. The summed E-state index contributed by atoms with van der Waals surface area (Å²) in [7, 11) is 1.22. The van der Waals surface area contributed by atoms with Crippen molar-refractivity contribution in [1.29, 1.82) is 0 Å². The third-order valence-corrected chi connectivity index (χ3v) is 3.10. The molecular weight excluding hydrogens is 286 g/mol. The lowest BCUT2D eigenvalue weighted by Gasteiger charge is -2.09. The summed E-state index contributed by atoms with van der Waals surface area (Å²) in [6.07, 6.45) is 0. The van der Waals surface area contributed by atoms with E-state index in [2.05, 4.69) is 20.4 Å². The van der Waals surface area contributed by atoms with Gasteiger partial charge < -0.3 is 15.8 Å². The molecule has 1 aromatic heterocycles. The zero-order chi connectivity index (χ0) is 16.3. The average Bonchev–Trinajstić information content (AvgIpc) is 2.82. The second-order valence-corrected chi connectivity index (χ2v) is 4.84. The second kappa shape index (κ2) is 6.25. The van der Waals surface area contributed by atoms with Gasteiger partial charge in [-0.05, 0) is 25.5 Å². The molecule has 0 atom stereocenters. The van der Waals surface area contributed by atoms with Crippen molar-refractivity contribution in [3.63, 3.8) is 0 Å². The highest BCUT2D eigenvalue weighted by atomic mass is 16.5. The number of aromatic nitrogens is 3. The highest BCUT2D eigenvalue weighted by Gasteiger charge is 2.19. The van der Waals surface area contributed by atoms with Crippen LogP contribution in [-0.2, 0) is 16.1 Å². The molecule has 0 bridgehead atoms. The fourth-order valence-electron chi connectivity index (χ4n) is 1.96. The van der Waals surface area contributed by atoms with Crippen molar-refractivity contribution >= 4 is 23.4 Å². The number of carbonyl (C=O) groups excluding carboxylic acids is 2. The van der Waals surface area contributed by atoms with Crippen LogP contribution in [0.15, 0.2) is 18.2 Å². The van der Waals surface area contributed by atoms with E-state index in [1.807, 2.05) is 32.0 Å². The molecular formula is C14H17N5O3. The van der Waals surface area contributed by atoms with Gasteiger partial charge in [-0.1, -0.05) is 22.9 Å². The van der Waals surface area contributed by atoms with Crippen LogP contribution in [0.1, 0.15) is 21.6 Å². The first-order chi connectivity index (χ1) is 10.4. The number of hydrogen-bond donors (Lipinski definition) is 2. The van der Waals surface area contributed by atoms with Crippen LogP contribution in [0, 0.1) is 13.8 Å². The number of nitrogens with zero attached hydrogens (tertiary/aromatic N) is 3. The molecule has 0 saturated heterocycles. The number of hydrogen-bond acceptors (Lipinski definition) is 6. The second-order valence-electron chi connectivity index (χ2n) is 4.84. The third-order valence-electron chi connectivity index (χ3n) is 3.10. The summed E-state index contributed by atoms with van der Waals surface area (Å²) in [5.74, 6) is -1.03. The Labute approximate surface area is 127 Å². The highest BCUT2D eigenvalue weighted by molar-refractivity contribution is 5.93. The summed E-state index contributed by atoms with van der Waals surface area (Å²) in [6.45, 7) is 3.73. The zero-order valence-corrected chi connectivity index (χ0v) is 12.6. The van der Waals surface area contributed by atoms with Crippen molar-refractivity contribution < 1.29 is 14.3 Å².